The van der Waals surface area contributed by atoms with Gasteiger partial charge in [0.05, 0.1) is 17.5 Å². The Morgan fingerprint density at radius 3 is 2.37 bits per heavy atom. The van der Waals surface area contributed by atoms with Crippen molar-refractivity contribution in [1.82, 2.24) is 9.29 Å². The van der Waals surface area contributed by atoms with E-state index in [1.54, 1.807) is 47.5 Å². The molecule has 30 heavy (non-hydrogen) atoms. The first-order valence-electron chi connectivity index (χ1n) is 8.84. The third kappa shape index (κ3) is 3.99. The Morgan fingerprint density at radius 1 is 1.07 bits per heavy atom. The molecule has 0 fully saturated rings. The standard InChI is InChI=1S/C20H20FN3O5S/c1-20(2,24-12-11-15-16(21)5-4-6-17(15)24)18(25)22-13-7-9-14(10-8-13)30(27,28)23-19(26)29-3/h4-12H,1-3H3,(H,22,25)(H,23,26). The highest BCUT2D eigenvalue weighted by Gasteiger charge is 2.31. The summed E-state index contributed by atoms with van der Waals surface area (Å²) in [5, 5.41) is 3.13. The van der Waals surface area contributed by atoms with Crippen molar-refractivity contribution in [2.45, 2.75) is 24.3 Å². The van der Waals surface area contributed by atoms with Crippen LogP contribution in [0.25, 0.3) is 10.9 Å². The lowest BCUT2D eigenvalue weighted by atomic mass is 10.0. The zero-order valence-corrected chi connectivity index (χ0v) is 17.3. The number of methoxy groups -OCH3 is 1. The van der Waals surface area contributed by atoms with Gasteiger partial charge in [0.1, 0.15) is 11.4 Å². The monoisotopic (exact) mass is 433 g/mol. The first-order valence-corrected chi connectivity index (χ1v) is 10.3. The smallest absolute Gasteiger partial charge is 0.420 e. The van der Waals surface area contributed by atoms with E-state index in [0.717, 1.165) is 7.11 Å². The molecular formula is C20H20FN3O5S. The molecule has 0 saturated heterocycles. The first kappa shape index (κ1) is 21.3. The molecule has 10 heteroatoms. The van der Waals surface area contributed by atoms with Gasteiger partial charge in [-0.3, -0.25) is 4.79 Å². The van der Waals surface area contributed by atoms with Gasteiger partial charge in [-0.25, -0.2) is 22.3 Å². The fourth-order valence-corrected chi connectivity index (χ4v) is 3.85. The van der Waals surface area contributed by atoms with Crippen LogP contribution < -0.4 is 10.0 Å². The highest BCUT2D eigenvalue weighted by Crippen LogP contribution is 2.27. The molecule has 2 amide bonds. The minimum Gasteiger partial charge on any atom is -0.452 e. The Morgan fingerprint density at radius 2 is 1.73 bits per heavy atom. The number of carbonyl (C=O) groups excluding carboxylic acids is 2. The summed E-state index contributed by atoms with van der Waals surface area (Å²) in [6.45, 7) is 3.37. The quantitative estimate of drug-likeness (QED) is 0.643. The lowest BCUT2D eigenvalue weighted by Gasteiger charge is -2.27. The molecule has 0 saturated carbocycles. The number of carbonyl (C=O) groups is 2. The average molecular weight is 433 g/mol. The molecule has 1 heterocycles. The number of fused-ring (bicyclic) bond motifs is 1. The average Bonchev–Trinajstić information content (AvgIpc) is 3.14. The molecule has 0 spiro atoms. The molecule has 3 rings (SSSR count). The number of sulfonamides is 1. The van der Waals surface area contributed by atoms with Crippen LogP contribution in [0.5, 0.6) is 0 Å². The Bertz CT molecular complexity index is 1220. The van der Waals surface area contributed by atoms with E-state index in [1.807, 2.05) is 0 Å². The fourth-order valence-electron chi connectivity index (χ4n) is 2.94. The maximum Gasteiger partial charge on any atom is 0.420 e. The van der Waals surface area contributed by atoms with Crippen molar-refractivity contribution in [2.75, 3.05) is 12.4 Å². The van der Waals surface area contributed by atoms with Gasteiger partial charge in [-0.15, -0.1) is 0 Å². The van der Waals surface area contributed by atoms with E-state index >= 15 is 0 Å². The molecule has 8 nitrogen and oxygen atoms in total. The molecule has 158 valence electrons. The van der Waals surface area contributed by atoms with Gasteiger partial charge in [0.25, 0.3) is 10.0 Å². The van der Waals surface area contributed by atoms with Crippen molar-refractivity contribution in [3.63, 3.8) is 0 Å². The van der Waals surface area contributed by atoms with E-state index in [1.165, 1.54) is 30.3 Å². The zero-order chi connectivity index (χ0) is 22.1. The van der Waals surface area contributed by atoms with Crippen LogP contribution in [0.2, 0.25) is 0 Å². The lowest BCUT2D eigenvalue weighted by molar-refractivity contribution is -0.122. The van der Waals surface area contributed by atoms with Crippen molar-refractivity contribution in [1.29, 1.82) is 0 Å². The van der Waals surface area contributed by atoms with Crippen LogP contribution in [0.3, 0.4) is 0 Å². The van der Waals surface area contributed by atoms with E-state index in [-0.39, 0.29) is 16.6 Å². The number of nitrogens with one attached hydrogen (secondary N) is 2. The normalized spacial score (nSPS) is 11.9. The van der Waals surface area contributed by atoms with Gasteiger partial charge in [0, 0.05) is 17.3 Å². The number of anilines is 1. The molecule has 2 N–H and O–H groups in total. The van der Waals surface area contributed by atoms with E-state index in [2.05, 4.69) is 10.1 Å². The molecule has 0 aliphatic carbocycles. The zero-order valence-electron chi connectivity index (χ0n) is 16.5. The Labute approximate surface area is 172 Å². The molecule has 0 radical (unpaired) electrons. The highest BCUT2D eigenvalue weighted by atomic mass is 32.2. The van der Waals surface area contributed by atoms with Crippen molar-refractivity contribution < 1.29 is 27.1 Å². The van der Waals surface area contributed by atoms with Crippen LogP contribution >= 0.6 is 0 Å². The lowest BCUT2D eigenvalue weighted by Crippen LogP contribution is -2.39. The predicted octanol–water partition coefficient (Wildman–Crippen LogP) is 3.20. The van der Waals surface area contributed by atoms with Crippen molar-refractivity contribution in [3.05, 3.63) is 60.5 Å². The summed E-state index contributed by atoms with van der Waals surface area (Å²) in [7, 11) is -3.04. The van der Waals surface area contributed by atoms with E-state index in [0.29, 0.717) is 16.6 Å². The van der Waals surface area contributed by atoms with E-state index in [4.69, 9.17) is 0 Å². The van der Waals surface area contributed by atoms with E-state index in [9.17, 15) is 22.4 Å². The molecule has 3 aromatic rings. The number of benzene rings is 2. The maximum absolute atomic E-state index is 14.0. The number of nitrogens with zero attached hydrogens (tertiary/aromatic N) is 1. The molecular weight excluding hydrogens is 413 g/mol. The summed E-state index contributed by atoms with van der Waals surface area (Å²) >= 11 is 0. The molecule has 0 aliphatic rings. The SMILES string of the molecule is COC(=O)NS(=O)(=O)c1ccc(NC(=O)C(C)(C)n2ccc3c(F)cccc32)cc1. The number of ether oxygens (including phenoxy) is 1. The number of halogens is 1. The topological polar surface area (TPSA) is 106 Å². The number of hydrogen-bond acceptors (Lipinski definition) is 5. The van der Waals surface area contributed by atoms with Gasteiger partial charge in [-0.05, 0) is 56.3 Å². The van der Waals surface area contributed by atoms with Gasteiger partial charge in [0.2, 0.25) is 5.91 Å². The fraction of sp³-hybridized carbons (Fsp3) is 0.200. The summed E-state index contributed by atoms with van der Waals surface area (Å²) in [5.41, 5.74) is -0.134. The second-order valence-electron chi connectivity index (χ2n) is 6.99. The number of rotatable bonds is 5. The molecule has 0 aliphatic heterocycles. The molecule has 0 bridgehead atoms. The Balaban J connectivity index is 1.81. The molecule has 1 aromatic heterocycles. The van der Waals surface area contributed by atoms with E-state index < -0.39 is 21.7 Å². The Kier molecular flexibility index (Phi) is 5.53. The van der Waals surface area contributed by atoms with Crippen molar-refractivity contribution >= 4 is 38.6 Å². The van der Waals surface area contributed by atoms with Gasteiger partial charge in [-0.1, -0.05) is 6.07 Å². The maximum atomic E-state index is 14.0. The van der Waals surface area contributed by atoms with Gasteiger partial charge in [-0.2, -0.15) is 0 Å². The second kappa shape index (κ2) is 7.79. The third-order valence-corrected chi connectivity index (χ3v) is 5.99. The van der Waals surface area contributed by atoms with Crippen molar-refractivity contribution in [3.8, 4) is 0 Å². The van der Waals surface area contributed by atoms with Crippen LogP contribution in [0.4, 0.5) is 14.9 Å². The van der Waals surface area contributed by atoms with Crippen LogP contribution in [-0.4, -0.2) is 32.1 Å². The van der Waals surface area contributed by atoms with Crippen molar-refractivity contribution in [2.24, 2.45) is 0 Å². The van der Waals surface area contributed by atoms with Crippen LogP contribution in [-0.2, 0) is 25.1 Å². The largest absolute Gasteiger partial charge is 0.452 e. The molecule has 0 unspecified atom stereocenters. The highest BCUT2D eigenvalue weighted by molar-refractivity contribution is 7.90. The summed E-state index contributed by atoms with van der Waals surface area (Å²) in [6.07, 6.45) is 0.533. The second-order valence-corrected chi connectivity index (χ2v) is 8.68. The minimum atomic E-state index is -4.09. The van der Waals surface area contributed by atoms with Gasteiger partial charge < -0.3 is 14.6 Å². The Hall–Kier alpha value is -3.40. The molecule has 0 atom stereocenters. The van der Waals surface area contributed by atoms with Crippen LogP contribution in [0.1, 0.15) is 13.8 Å². The first-order chi connectivity index (χ1) is 14.1. The van der Waals surface area contributed by atoms with Gasteiger partial charge in [0.15, 0.2) is 0 Å². The van der Waals surface area contributed by atoms with Gasteiger partial charge >= 0.3 is 6.09 Å². The van der Waals surface area contributed by atoms with Crippen LogP contribution in [0.15, 0.2) is 59.6 Å². The summed E-state index contributed by atoms with van der Waals surface area (Å²) in [4.78, 5) is 23.9. The number of aromatic nitrogens is 1. The minimum absolute atomic E-state index is 0.169. The summed E-state index contributed by atoms with van der Waals surface area (Å²) < 4.78 is 45.8. The summed E-state index contributed by atoms with van der Waals surface area (Å²) in [6, 6.07) is 11.5. The predicted molar refractivity (Wildman–Crippen MR) is 109 cm³/mol. The number of hydrogen-bond donors (Lipinski definition) is 2. The molecule has 2 aromatic carbocycles. The summed E-state index contributed by atoms with van der Waals surface area (Å²) in [5.74, 6) is -0.757. The third-order valence-electron chi connectivity index (χ3n) is 4.66. The number of amides is 2. The van der Waals surface area contributed by atoms with Crippen LogP contribution in [0, 0.1) is 5.82 Å².